The van der Waals surface area contributed by atoms with Gasteiger partial charge in [-0.2, -0.15) is 4.98 Å². The van der Waals surface area contributed by atoms with Crippen LogP contribution in [0.5, 0.6) is 5.88 Å². The lowest BCUT2D eigenvalue weighted by atomic mass is 10.1. The van der Waals surface area contributed by atoms with Gasteiger partial charge >= 0.3 is 0 Å². The van der Waals surface area contributed by atoms with Crippen molar-refractivity contribution in [1.29, 1.82) is 0 Å². The highest BCUT2D eigenvalue weighted by molar-refractivity contribution is 5.27. The van der Waals surface area contributed by atoms with E-state index in [2.05, 4.69) is 29.1 Å². The predicted molar refractivity (Wildman–Crippen MR) is 65.7 cm³/mol. The molecule has 0 radical (unpaired) electrons. The van der Waals surface area contributed by atoms with Crippen LogP contribution in [0.15, 0.2) is 12.3 Å². The summed E-state index contributed by atoms with van der Waals surface area (Å²) in [5.41, 5.74) is 0. The fraction of sp³-hybridized carbons (Fsp3) is 0.667. The summed E-state index contributed by atoms with van der Waals surface area (Å²) in [5, 5.41) is 3.21. The molecule has 1 aromatic heterocycles. The maximum Gasteiger partial charge on any atom is 0.225 e. The monoisotopic (exact) mass is 223 g/mol. The van der Waals surface area contributed by atoms with Crippen molar-refractivity contribution in [3.63, 3.8) is 0 Å². The van der Waals surface area contributed by atoms with E-state index in [4.69, 9.17) is 4.74 Å². The van der Waals surface area contributed by atoms with Gasteiger partial charge in [0.2, 0.25) is 11.8 Å². The number of anilines is 1. The van der Waals surface area contributed by atoms with Gasteiger partial charge in [0, 0.05) is 18.8 Å². The van der Waals surface area contributed by atoms with Gasteiger partial charge in [-0.3, -0.25) is 0 Å². The van der Waals surface area contributed by atoms with E-state index in [0.717, 1.165) is 13.0 Å². The standard InChI is InChI=1S/C12H21N3O/c1-5-10(4)8-14-12-13-7-6-11(15-12)16-9(2)3/h6-7,9-10H,5,8H2,1-4H3,(H,13,14,15). The third-order valence-electron chi connectivity index (χ3n) is 2.29. The van der Waals surface area contributed by atoms with Crippen LogP contribution in [0.1, 0.15) is 34.1 Å². The molecular weight excluding hydrogens is 202 g/mol. The second-order valence-electron chi connectivity index (χ2n) is 4.28. The van der Waals surface area contributed by atoms with Gasteiger partial charge in [0.05, 0.1) is 6.10 Å². The molecule has 90 valence electrons. The van der Waals surface area contributed by atoms with E-state index in [1.807, 2.05) is 13.8 Å². The van der Waals surface area contributed by atoms with Gasteiger partial charge in [-0.15, -0.1) is 0 Å². The fourth-order valence-electron chi connectivity index (χ4n) is 1.14. The Morgan fingerprint density at radius 1 is 1.38 bits per heavy atom. The molecule has 1 rings (SSSR count). The van der Waals surface area contributed by atoms with Crippen LogP contribution in [-0.2, 0) is 0 Å². The van der Waals surface area contributed by atoms with Crippen LogP contribution in [0.25, 0.3) is 0 Å². The SMILES string of the molecule is CCC(C)CNc1nccc(OC(C)C)n1. The van der Waals surface area contributed by atoms with Crippen LogP contribution in [0, 0.1) is 5.92 Å². The number of ether oxygens (including phenoxy) is 1. The van der Waals surface area contributed by atoms with Crippen molar-refractivity contribution in [3.8, 4) is 5.88 Å². The fourth-order valence-corrected chi connectivity index (χ4v) is 1.14. The molecule has 0 aliphatic rings. The molecule has 1 atom stereocenters. The first kappa shape index (κ1) is 12.7. The second-order valence-corrected chi connectivity index (χ2v) is 4.28. The van der Waals surface area contributed by atoms with Crippen LogP contribution >= 0.6 is 0 Å². The van der Waals surface area contributed by atoms with Gasteiger partial charge in [0.25, 0.3) is 0 Å². The van der Waals surface area contributed by atoms with Gasteiger partial charge in [0.1, 0.15) is 0 Å². The maximum absolute atomic E-state index is 5.50. The summed E-state index contributed by atoms with van der Waals surface area (Å²) in [6.07, 6.45) is 3.00. The van der Waals surface area contributed by atoms with Crippen molar-refractivity contribution < 1.29 is 4.74 Å². The first-order valence-electron chi connectivity index (χ1n) is 5.85. The predicted octanol–water partition coefficient (Wildman–Crippen LogP) is 2.72. The molecular formula is C12H21N3O. The lowest BCUT2D eigenvalue weighted by molar-refractivity contribution is 0.232. The second kappa shape index (κ2) is 6.30. The summed E-state index contributed by atoms with van der Waals surface area (Å²) in [7, 11) is 0. The molecule has 0 saturated carbocycles. The zero-order valence-electron chi connectivity index (χ0n) is 10.5. The maximum atomic E-state index is 5.50. The molecule has 4 nitrogen and oxygen atoms in total. The molecule has 0 saturated heterocycles. The van der Waals surface area contributed by atoms with E-state index in [9.17, 15) is 0 Å². The van der Waals surface area contributed by atoms with Crippen molar-refractivity contribution in [3.05, 3.63) is 12.3 Å². The highest BCUT2D eigenvalue weighted by atomic mass is 16.5. The van der Waals surface area contributed by atoms with Crippen LogP contribution in [0.2, 0.25) is 0 Å². The first-order chi connectivity index (χ1) is 7.61. The molecule has 0 spiro atoms. The minimum atomic E-state index is 0.136. The van der Waals surface area contributed by atoms with Crippen LogP contribution in [-0.4, -0.2) is 22.6 Å². The molecule has 0 amide bonds. The molecule has 16 heavy (non-hydrogen) atoms. The lowest BCUT2D eigenvalue weighted by Crippen LogP contribution is -2.13. The first-order valence-corrected chi connectivity index (χ1v) is 5.85. The Balaban J connectivity index is 2.53. The van der Waals surface area contributed by atoms with E-state index in [-0.39, 0.29) is 6.10 Å². The van der Waals surface area contributed by atoms with Gasteiger partial charge in [0.15, 0.2) is 0 Å². The van der Waals surface area contributed by atoms with Crippen molar-refractivity contribution >= 4 is 5.95 Å². The average molecular weight is 223 g/mol. The van der Waals surface area contributed by atoms with Crippen molar-refractivity contribution in [2.75, 3.05) is 11.9 Å². The van der Waals surface area contributed by atoms with E-state index in [1.165, 1.54) is 0 Å². The Morgan fingerprint density at radius 2 is 2.12 bits per heavy atom. The van der Waals surface area contributed by atoms with Gasteiger partial charge in [-0.05, 0) is 19.8 Å². The molecule has 4 heteroatoms. The molecule has 1 aromatic rings. The minimum absolute atomic E-state index is 0.136. The summed E-state index contributed by atoms with van der Waals surface area (Å²) in [5.74, 6) is 1.88. The minimum Gasteiger partial charge on any atom is -0.475 e. The van der Waals surface area contributed by atoms with Gasteiger partial charge in [-0.1, -0.05) is 20.3 Å². The lowest BCUT2D eigenvalue weighted by Gasteiger charge is -2.12. The largest absolute Gasteiger partial charge is 0.475 e. The highest BCUT2D eigenvalue weighted by Crippen LogP contribution is 2.11. The quantitative estimate of drug-likeness (QED) is 0.805. The number of hydrogen-bond donors (Lipinski definition) is 1. The summed E-state index contributed by atoms with van der Waals surface area (Å²) in [4.78, 5) is 8.43. The van der Waals surface area contributed by atoms with E-state index in [0.29, 0.717) is 17.7 Å². The number of nitrogens with one attached hydrogen (secondary N) is 1. The zero-order chi connectivity index (χ0) is 12.0. The Kier molecular flexibility index (Phi) is 5.02. The normalized spacial score (nSPS) is 12.6. The van der Waals surface area contributed by atoms with Crippen LogP contribution in [0.4, 0.5) is 5.95 Å². The molecule has 1 N–H and O–H groups in total. The smallest absolute Gasteiger partial charge is 0.225 e. The Morgan fingerprint density at radius 3 is 2.75 bits per heavy atom. The number of nitrogens with zero attached hydrogens (tertiary/aromatic N) is 2. The number of hydrogen-bond acceptors (Lipinski definition) is 4. The Labute approximate surface area is 97.5 Å². The molecule has 0 aliphatic heterocycles. The summed E-state index contributed by atoms with van der Waals surface area (Å²) in [6, 6.07) is 1.77. The molecule has 0 aliphatic carbocycles. The molecule has 1 unspecified atom stereocenters. The van der Waals surface area contributed by atoms with Crippen LogP contribution in [0.3, 0.4) is 0 Å². The number of aromatic nitrogens is 2. The van der Waals surface area contributed by atoms with Crippen molar-refractivity contribution in [2.45, 2.75) is 40.2 Å². The van der Waals surface area contributed by atoms with Gasteiger partial charge in [-0.25, -0.2) is 4.98 Å². The zero-order valence-corrected chi connectivity index (χ0v) is 10.5. The van der Waals surface area contributed by atoms with Gasteiger partial charge < -0.3 is 10.1 Å². The highest BCUT2D eigenvalue weighted by Gasteiger charge is 2.03. The molecule has 1 heterocycles. The number of rotatable bonds is 6. The Bertz CT molecular complexity index is 315. The summed E-state index contributed by atoms with van der Waals surface area (Å²) in [6.45, 7) is 9.22. The topological polar surface area (TPSA) is 47.0 Å². The third kappa shape index (κ3) is 4.47. The summed E-state index contributed by atoms with van der Waals surface area (Å²) < 4.78 is 5.50. The van der Waals surface area contributed by atoms with E-state index in [1.54, 1.807) is 12.3 Å². The molecule has 0 bridgehead atoms. The van der Waals surface area contributed by atoms with E-state index >= 15 is 0 Å². The average Bonchev–Trinajstić information content (AvgIpc) is 2.25. The van der Waals surface area contributed by atoms with Crippen molar-refractivity contribution in [2.24, 2.45) is 5.92 Å². The molecule has 0 fully saturated rings. The summed E-state index contributed by atoms with van der Waals surface area (Å²) >= 11 is 0. The van der Waals surface area contributed by atoms with Crippen LogP contribution < -0.4 is 10.1 Å². The molecule has 0 aromatic carbocycles. The van der Waals surface area contributed by atoms with Crippen molar-refractivity contribution in [1.82, 2.24) is 9.97 Å². The van der Waals surface area contributed by atoms with E-state index < -0.39 is 0 Å². The Hall–Kier alpha value is -1.32. The third-order valence-corrected chi connectivity index (χ3v) is 2.29.